The van der Waals surface area contributed by atoms with Gasteiger partial charge in [-0.3, -0.25) is 19.2 Å². The lowest BCUT2D eigenvalue weighted by Crippen LogP contribution is -2.32. The Morgan fingerprint density at radius 3 is 1.56 bits per heavy atom. The summed E-state index contributed by atoms with van der Waals surface area (Å²) in [6.07, 6.45) is 0. The summed E-state index contributed by atoms with van der Waals surface area (Å²) in [6, 6.07) is 18.3. The first-order valence-corrected chi connectivity index (χ1v) is 15.7. The van der Waals surface area contributed by atoms with Crippen LogP contribution in [0.2, 0.25) is 10.0 Å². The number of rotatable bonds is 11. The Balaban J connectivity index is 1.48. The Hall–Kier alpha value is -5.06. The van der Waals surface area contributed by atoms with Crippen LogP contribution in [0, 0.1) is 27.7 Å². The van der Waals surface area contributed by atoms with Gasteiger partial charge in [0.05, 0.1) is 15.7 Å². The molecule has 0 bridgehead atoms. The molecule has 4 aromatic carbocycles. The number of Topliss-reactive ketones (excluding diaryl/α,β-unsaturated/α-hetero) is 2. The van der Waals surface area contributed by atoms with Crippen molar-refractivity contribution >= 4 is 69.3 Å². The van der Waals surface area contributed by atoms with Crippen molar-refractivity contribution in [3.63, 3.8) is 0 Å². The number of anilines is 2. The predicted octanol–water partition coefficient (Wildman–Crippen LogP) is 9.25. The second kappa shape index (κ2) is 15.7. The third-order valence-electron chi connectivity index (χ3n) is 7.80. The van der Waals surface area contributed by atoms with Gasteiger partial charge in [-0.25, -0.2) is 0 Å². The summed E-state index contributed by atoms with van der Waals surface area (Å²) in [6.45, 7) is 10.1. The molecular weight excluding hydrogens is 651 g/mol. The number of halogens is 2. The van der Waals surface area contributed by atoms with E-state index in [1.54, 1.807) is 48.5 Å². The standard InChI is InChI=1S/C36H34Cl2N6O4/c1-19-9-7-11-28(21(19)3)39-35(47)33(23(5)45)43-41-26-15-13-25(14-16-26)27-17-18-30(32(38)31(27)37)42-44-34(24(6)46)36(48)40-29-12-8-10-20(2)22(29)4/h7-18,33-34H,1-6H3,(H,39,47)(H,40,48). The van der Waals surface area contributed by atoms with Gasteiger partial charge >= 0.3 is 0 Å². The summed E-state index contributed by atoms with van der Waals surface area (Å²) < 4.78 is 0. The number of azo groups is 2. The number of amides is 2. The molecule has 0 aliphatic carbocycles. The smallest absolute Gasteiger partial charge is 0.258 e. The van der Waals surface area contributed by atoms with E-state index in [0.717, 1.165) is 22.3 Å². The minimum atomic E-state index is -1.39. The lowest BCUT2D eigenvalue weighted by molar-refractivity contribution is -0.127. The quantitative estimate of drug-likeness (QED) is 0.120. The van der Waals surface area contributed by atoms with Crippen molar-refractivity contribution in [2.75, 3.05) is 10.6 Å². The van der Waals surface area contributed by atoms with Crippen LogP contribution in [0.5, 0.6) is 0 Å². The summed E-state index contributed by atoms with van der Waals surface area (Å²) in [7, 11) is 0. The van der Waals surface area contributed by atoms with Gasteiger partial charge in [0.1, 0.15) is 5.69 Å². The van der Waals surface area contributed by atoms with Crippen LogP contribution in [0.15, 0.2) is 93.3 Å². The maximum absolute atomic E-state index is 12.9. The molecule has 4 rings (SSSR count). The van der Waals surface area contributed by atoms with Gasteiger partial charge < -0.3 is 10.6 Å². The van der Waals surface area contributed by atoms with Gasteiger partial charge in [0.2, 0.25) is 12.1 Å². The van der Waals surface area contributed by atoms with Crippen LogP contribution in [0.25, 0.3) is 11.1 Å². The van der Waals surface area contributed by atoms with E-state index in [2.05, 4.69) is 31.1 Å². The molecule has 0 saturated heterocycles. The van der Waals surface area contributed by atoms with E-state index in [1.165, 1.54) is 13.8 Å². The van der Waals surface area contributed by atoms with E-state index in [4.69, 9.17) is 23.2 Å². The number of hydrogen-bond acceptors (Lipinski definition) is 8. The molecule has 0 aliphatic rings. The van der Waals surface area contributed by atoms with Crippen LogP contribution in [-0.4, -0.2) is 35.5 Å². The average molecular weight is 686 g/mol. The van der Waals surface area contributed by atoms with Crippen LogP contribution < -0.4 is 10.6 Å². The van der Waals surface area contributed by atoms with E-state index in [9.17, 15) is 19.2 Å². The highest BCUT2D eigenvalue weighted by atomic mass is 35.5. The SMILES string of the molecule is CC(=O)C(N=Nc1ccc(-c2ccc(N=NC(C(C)=O)C(=O)Nc3cccc(C)c3C)c(Cl)c2Cl)cc1)C(=O)Nc1cccc(C)c1C. The zero-order valence-electron chi connectivity index (χ0n) is 27.3. The summed E-state index contributed by atoms with van der Waals surface area (Å²) in [4.78, 5) is 50.3. The van der Waals surface area contributed by atoms with E-state index < -0.39 is 35.5 Å². The second-order valence-electron chi connectivity index (χ2n) is 11.2. The summed E-state index contributed by atoms with van der Waals surface area (Å²) in [5.41, 5.74) is 6.80. The molecule has 2 N–H and O–H groups in total. The summed E-state index contributed by atoms with van der Waals surface area (Å²) in [5, 5.41) is 22.0. The molecule has 0 fully saturated rings. The number of hydrogen-bond donors (Lipinski definition) is 2. The Morgan fingerprint density at radius 2 is 1.08 bits per heavy atom. The Morgan fingerprint density at radius 1 is 0.604 bits per heavy atom. The first-order valence-electron chi connectivity index (χ1n) is 14.9. The molecule has 0 spiro atoms. The minimum Gasteiger partial charge on any atom is -0.324 e. The maximum atomic E-state index is 12.9. The monoisotopic (exact) mass is 684 g/mol. The summed E-state index contributed by atoms with van der Waals surface area (Å²) >= 11 is 13.1. The molecule has 246 valence electrons. The second-order valence-corrected chi connectivity index (χ2v) is 12.0. The molecule has 2 amide bonds. The van der Waals surface area contributed by atoms with E-state index >= 15 is 0 Å². The zero-order chi connectivity index (χ0) is 35.1. The normalized spacial score (nSPS) is 12.6. The molecule has 10 nitrogen and oxygen atoms in total. The van der Waals surface area contributed by atoms with Crippen molar-refractivity contribution < 1.29 is 19.2 Å². The molecule has 2 unspecified atom stereocenters. The van der Waals surface area contributed by atoms with Crippen molar-refractivity contribution in [1.29, 1.82) is 0 Å². The number of carbonyl (C=O) groups is 4. The number of carbonyl (C=O) groups excluding carboxylic acids is 4. The molecule has 0 heterocycles. The van der Waals surface area contributed by atoms with Crippen LogP contribution in [-0.2, 0) is 19.2 Å². The molecule has 0 aliphatic heterocycles. The van der Waals surface area contributed by atoms with E-state index in [0.29, 0.717) is 28.2 Å². The zero-order valence-corrected chi connectivity index (χ0v) is 28.8. The van der Waals surface area contributed by atoms with Crippen LogP contribution in [0.4, 0.5) is 22.7 Å². The van der Waals surface area contributed by atoms with Crippen LogP contribution in [0.1, 0.15) is 36.1 Å². The van der Waals surface area contributed by atoms with Crippen LogP contribution >= 0.6 is 23.2 Å². The highest BCUT2D eigenvalue weighted by molar-refractivity contribution is 6.45. The molecule has 48 heavy (non-hydrogen) atoms. The number of benzene rings is 4. The molecule has 0 aromatic heterocycles. The van der Waals surface area contributed by atoms with Crippen molar-refractivity contribution in [1.82, 2.24) is 0 Å². The third kappa shape index (κ3) is 8.44. The number of aryl methyl sites for hydroxylation is 2. The molecule has 12 heteroatoms. The topological polar surface area (TPSA) is 142 Å². The lowest BCUT2D eigenvalue weighted by Gasteiger charge is -2.13. The van der Waals surface area contributed by atoms with E-state index in [1.807, 2.05) is 52.0 Å². The van der Waals surface area contributed by atoms with Crippen LogP contribution in [0.3, 0.4) is 0 Å². The molecular formula is C36H34Cl2N6O4. The molecule has 4 aromatic rings. The van der Waals surface area contributed by atoms with Gasteiger partial charge in [0.25, 0.3) is 11.8 Å². The number of nitrogens with one attached hydrogen (secondary N) is 2. The average Bonchev–Trinajstić information content (AvgIpc) is 3.04. The number of ketones is 2. The van der Waals surface area contributed by atoms with Gasteiger partial charge in [0, 0.05) is 16.9 Å². The predicted molar refractivity (Wildman–Crippen MR) is 189 cm³/mol. The van der Waals surface area contributed by atoms with Crippen molar-refractivity contribution in [2.24, 2.45) is 20.5 Å². The Bertz CT molecular complexity index is 1960. The fourth-order valence-electron chi connectivity index (χ4n) is 4.60. The lowest BCUT2D eigenvalue weighted by atomic mass is 10.0. The van der Waals surface area contributed by atoms with Crippen molar-refractivity contribution in [3.8, 4) is 11.1 Å². The van der Waals surface area contributed by atoms with Gasteiger partial charge in [-0.2, -0.15) is 20.5 Å². The first-order chi connectivity index (χ1) is 22.8. The molecule has 0 radical (unpaired) electrons. The summed E-state index contributed by atoms with van der Waals surface area (Å²) in [5.74, 6) is -2.14. The van der Waals surface area contributed by atoms with E-state index in [-0.39, 0.29) is 15.7 Å². The highest BCUT2D eigenvalue weighted by Gasteiger charge is 2.25. The van der Waals surface area contributed by atoms with Crippen molar-refractivity contribution in [3.05, 3.63) is 105 Å². The largest absolute Gasteiger partial charge is 0.324 e. The first kappa shape index (κ1) is 35.8. The Labute approximate surface area is 288 Å². The van der Waals surface area contributed by atoms with Gasteiger partial charge in [-0.15, -0.1) is 0 Å². The van der Waals surface area contributed by atoms with Crippen molar-refractivity contribution in [2.45, 2.75) is 53.6 Å². The minimum absolute atomic E-state index is 0.0816. The maximum Gasteiger partial charge on any atom is 0.258 e. The fraction of sp³-hybridized carbons (Fsp3) is 0.222. The van der Waals surface area contributed by atoms with Gasteiger partial charge in [-0.1, -0.05) is 65.7 Å². The molecule has 0 saturated carbocycles. The Kier molecular flexibility index (Phi) is 11.7. The number of nitrogens with zero attached hydrogens (tertiary/aromatic N) is 4. The highest BCUT2D eigenvalue weighted by Crippen LogP contribution is 2.40. The van der Waals surface area contributed by atoms with Gasteiger partial charge in [0.15, 0.2) is 11.6 Å². The molecule has 2 atom stereocenters. The third-order valence-corrected chi connectivity index (χ3v) is 8.67. The fourth-order valence-corrected chi connectivity index (χ4v) is 5.07. The van der Waals surface area contributed by atoms with Gasteiger partial charge in [-0.05, 0) is 99.7 Å².